The fourth-order valence-corrected chi connectivity index (χ4v) is 6.02. The van der Waals surface area contributed by atoms with E-state index >= 15 is 0 Å². The van der Waals surface area contributed by atoms with E-state index in [0.717, 1.165) is 16.9 Å². The Morgan fingerprint density at radius 2 is 1.74 bits per heavy atom. The number of fused-ring (bicyclic) bond motifs is 1. The SMILES string of the molecule is Cc1nn(-c2ccc(Cl)cc2)c(C)c1S(=O)(=O)N1c2ccccc2C[C@@H]1C. The molecule has 0 N–H and O–H groups in total. The van der Waals surface area contributed by atoms with Crippen molar-refractivity contribution in [2.24, 2.45) is 0 Å². The van der Waals surface area contributed by atoms with E-state index < -0.39 is 10.0 Å². The lowest BCUT2D eigenvalue weighted by Crippen LogP contribution is -2.36. The maximum Gasteiger partial charge on any atom is 0.268 e. The number of rotatable bonds is 3. The first-order valence-electron chi connectivity index (χ1n) is 8.75. The molecule has 0 aliphatic carbocycles. The molecule has 0 bridgehead atoms. The molecule has 27 heavy (non-hydrogen) atoms. The van der Waals surface area contributed by atoms with Gasteiger partial charge in [0.05, 0.1) is 22.8 Å². The van der Waals surface area contributed by atoms with Gasteiger partial charge in [-0.3, -0.25) is 4.31 Å². The molecule has 2 heterocycles. The lowest BCUT2D eigenvalue weighted by Gasteiger charge is -2.24. The van der Waals surface area contributed by atoms with Crippen molar-refractivity contribution in [3.05, 3.63) is 70.5 Å². The van der Waals surface area contributed by atoms with Gasteiger partial charge in [0.2, 0.25) is 0 Å². The molecule has 4 rings (SSSR count). The molecule has 3 aromatic rings. The zero-order valence-electron chi connectivity index (χ0n) is 15.3. The van der Waals surface area contributed by atoms with Crippen LogP contribution in [0, 0.1) is 13.8 Å². The van der Waals surface area contributed by atoms with Gasteiger partial charge in [-0.2, -0.15) is 5.10 Å². The van der Waals surface area contributed by atoms with Crippen molar-refractivity contribution < 1.29 is 8.42 Å². The number of halogens is 1. The van der Waals surface area contributed by atoms with Crippen LogP contribution in [0.25, 0.3) is 5.69 Å². The Labute approximate surface area is 164 Å². The highest BCUT2D eigenvalue weighted by atomic mass is 35.5. The lowest BCUT2D eigenvalue weighted by molar-refractivity contribution is 0.583. The summed E-state index contributed by atoms with van der Waals surface area (Å²) in [5.74, 6) is 0. The highest BCUT2D eigenvalue weighted by molar-refractivity contribution is 7.93. The van der Waals surface area contributed by atoms with Gasteiger partial charge in [-0.05, 0) is 63.1 Å². The van der Waals surface area contributed by atoms with E-state index in [1.807, 2.05) is 43.3 Å². The first kappa shape index (κ1) is 18.1. The average Bonchev–Trinajstić information content (AvgIpc) is 3.11. The largest absolute Gasteiger partial charge is 0.268 e. The van der Waals surface area contributed by atoms with Crippen LogP contribution in [-0.4, -0.2) is 24.2 Å². The first-order valence-corrected chi connectivity index (χ1v) is 10.6. The predicted molar refractivity (Wildman–Crippen MR) is 107 cm³/mol. The van der Waals surface area contributed by atoms with Crippen molar-refractivity contribution in [1.29, 1.82) is 0 Å². The van der Waals surface area contributed by atoms with Gasteiger partial charge < -0.3 is 0 Å². The third-order valence-electron chi connectivity index (χ3n) is 4.96. The summed E-state index contributed by atoms with van der Waals surface area (Å²) < 4.78 is 30.4. The summed E-state index contributed by atoms with van der Waals surface area (Å²) in [6.07, 6.45) is 0.707. The number of aryl methyl sites for hydroxylation is 1. The Hall–Kier alpha value is -2.31. The Bertz CT molecular complexity index is 1120. The molecule has 1 atom stereocenters. The van der Waals surface area contributed by atoms with Gasteiger partial charge in [0.1, 0.15) is 4.90 Å². The van der Waals surface area contributed by atoms with Crippen LogP contribution in [0.1, 0.15) is 23.9 Å². The molecule has 1 aromatic heterocycles. The number of anilines is 1. The summed E-state index contributed by atoms with van der Waals surface area (Å²) in [6.45, 7) is 5.46. The van der Waals surface area contributed by atoms with Crippen LogP contribution in [-0.2, 0) is 16.4 Å². The molecule has 7 heteroatoms. The zero-order chi connectivity index (χ0) is 19.3. The van der Waals surface area contributed by atoms with Crippen LogP contribution in [0.4, 0.5) is 5.69 Å². The number of nitrogens with zero attached hydrogens (tertiary/aromatic N) is 3. The minimum atomic E-state index is -3.73. The van der Waals surface area contributed by atoms with Crippen molar-refractivity contribution >= 4 is 27.3 Å². The average molecular weight is 402 g/mol. The fraction of sp³-hybridized carbons (Fsp3) is 0.250. The van der Waals surface area contributed by atoms with E-state index in [0.29, 0.717) is 22.8 Å². The van der Waals surface area contributed by atoms with Crippen LogP contribution < -0.4 is 4.31 Å². The minimum absolute atomic E-state index is 0.134. The van der Waals surface area contributed by atoms with Crippen molar-refractivity contribution in [2.75, 3.05) is 4.31 Å². The molecule has 0 amide bonds. The standard InChI is InChI=1S/C20H20ClN3O2S/c1-13-12-16-6-4-5-7-19(16)24(13)27(25,26)20-14(2)22-23(15(20)3)18-10-8-17(21)9-11-18/h4-11,13H,12H2,1-3H3/t13-/m0/s1. The van der Waals surface area contributed by atoms with Crippen LogP contribution in [0.15, 0.2) is 53.4 Å². The van der Waals surface area contributed by atoms with Crippen molar-refractivity contribution in [2.45, 2.75) is 38.1 Å². The molecule has 0 saturated heterocycles. The van der Waals surface area contributed by atoms with E-state index in [-0.39, 0.29) is 10.9 Å². The van der Waals surface area contributed by atoms with E-state index in [1.165, 1.54) is 4.31 Å². The first-order chi connectivity index (χ1) is 12.8. The Morgan fingerprint density at radius 1 is 1.07 bits per heavy atom. The number of sulfonamides is 1. The highest BCUT2D eigenvalue weighted by Crippen LogP contribution is 2.38. The molecule has 1 aliphatic rings. The maximum atomic E-state index is 13.6. The summed E-state index contributed by atoms with van der Waals surface area (Å²) in [4.78, 5) is 0.265. The van der Waals surface area contributed by atoms with Gasteiger partial charge in [0, 0.05) is 11.1 Å². The second kappa shape index (κ2) is 6.39. The number of benzene rings is 2. The van der Waals surface area contributed by atoms with Crippen LogP contribution in [0.3, 0.4) is 0 Å². The Morgan fingerprint density at radius 3 is 2.44 bits per heavy atom. The van der Waals surface area contributed by atoms with Gasteiger partial charge in [-0.1, -0.05) is 29.8 Å². The summed E-state index contributed by atoms with van der Waals surface area (Å²) in [5.41, 5.74) is 3.65. The fourth-order valence-electron chi connectivity index (χ4n) is 3.84. The van der Waals surface area contributed by atoms with Gasteiger partial charge in [-0.15, -0.1) is 0 Å². The van der Waals surface area contributed by atoms with E-state index in [2.05, 4.69) is 5.10 Å². The molecular weight excluding hydrogens is 382 g/mol. The Balaban J connectivity index is 1.85. The van der Waals surface area contributed by atoms with Crippen molar-refractivity contribution in [3.8, 4) is 5.69 Å². The van der Waals surface area contributed by atoms with Crippen molar-refractivity contribution in [1.82, 2.24) is 9.78 Å². The monoisotopic (exact) mass is 401 g/mol. The molecule has 1 aliphatic heterocycles. The molecule has 0 radical (unpaired) electrons. The van der Waals surface area contributed by atoms with E-state index in [9.17, 15) is 8.42 Å². The van der Waals surface area contributed by atoms with Gasteiger partial charge in [-0.25, -0.2) is 13.1 Å². The quantitative estimate of drug-likeness (QED) is 0.658. The van der Waals surface area contributed by atoms with Crippen LogP contribution >= 0.6 is 11.6 Å². The van der Waals surface area contributed by atoms with E-state index in [1.54, 1.807) is 30.7 Å². The lowest BCUT2D eigenvalue weighted by atomic mass is 10.1. The van der Waals surface area contributed by atoms with Gasteiger partial charge in [0.15, 0.2) is 0 Å². The number of aromatic nitrogens is 2. The molecule has 0 saturated carbocycles. The predicted octanol–water partition coefficient (Wildman–Crippen LogP) is 4.28. The summed E-state index contributed by atoms with van der Waals surface area (Å²) >= 11 is 5.97. The van der Waals surface area contributed by atoms with E-state index in [4.69, 9.17) is 11.6 Å². The molecule has 5 nitrogen and oxygen atoms in total. The second-order valence-corrected chi connectivity index (χ2v) is 9.06. The number of para-hydroxylation sites is 1. The van der Waals surface area contributed by atoms with Crippen molar-refractivity contribution in [3.63, 3.8) is 0 Å². The molecule has 0 spiro atoms. The third kappa shape index (κ3) is 2.84. The molecule has 2 aromatic carbocycles. The minimum Gasteiger partial charge on any atom is -0.263 e. The Kier molecular flexibility index (Phi) is 4.28. The molecular formula is C20H20ClN3O2S. The zero-order valence-corrected chi connectivity index (χ0v) is 16.9. The third-order valence-corrected chi connectivity index (χ3v) is 7.39. The van der Waals surface area contributed by atoms with Crippen LogP contribution in [0.5, 0.6) is 0 Å². The summed E-state index contributed by atoms with van der Waals surface area (Å²) in [6, 6.07) is 14.7. The normalized spacial score (nSPS) is 16.6. The van der Waals surface area contributed by atoms with Gasteiger partial charge >= 0.3 is 0 Å². The highest BCUT2D eigenvalue weighted by Gasteiger charge is 2.39. The van der Waals surface area contributed by atoms with Gasteiger partial charge in [0.25, 0.3) is 10.0 Å². The second-order valence-electron chi connectivity index (χ2n) is 6.87. The molecule has 0 unspecified atom stereocenters. The summed E-state index contributed by atoms with van der Waals surface area (Å²) in [7, 11) is -3.73. The smallest absolute Gasteiger partial charge is 0.263 e. The molecule has 0 fully saturated rings. The van der Waals surface area contributed by atoms with Crippen LogP contribution in [0.2, 0.25) is 5.02 Å². The summed E-state index contributed by atoms with van der Waals surface area (Å²) in [5, 5.41) is 5.12. The maximum absolute atomic E-state index is 13.6. The molecule has 140 valence electrons. The number of hydrogen-bond acceptors (Lipinski definition) is 3. The number of hydrogen-bond donors (Lipinski definition) is 0. The topological polar surface area (TPSA) is 55.2 Å².